The maximum Gasteiger partial charge on any atom is 0.168 e. The largest absolute Gasteiger partial charge is 0.497 e. The fraction of sp³-hybridized carbons (Fsp3) is 0.333. The zero-order chi connectivity index (χ0) is 13.7. The van der Waals surface area contributed by atoms with Crippen LogP contribution in [0.15, 0.2) is 35.5 Å². The third kappa shape index (κ3) is 3.14. The molecule has 1 aromatic carbocycles. The van der Waals surface area contributed by atoms with E-state index >= 15 is 0 Å². The van der Waals surface area contributed by atoms with Crippen molar-refractivity contribution in [3.8, 4) is 11.8 Å². The number of nitrogens with one attached hydrogen (secondary N) is 1. The molecule has 1 aliphatic rings. The molecule has 4 nitrogen and oxygen atoms in total. The fourth-order valence-corrected chi connectivity index (χ4v) is 2.10. The first kappa shape index (κ1) is 13.2. The molecule has 1 aliphatic heterocycles. The Labute approximate surface area is 112 Å². The van der Waals surface area contributed by atoms with Crippen LogP contribution in [0.1, 0.15) is 29.6 Å². The molecule has 98 valence electrons. The number of carbonyl (C=O) groups is 1. The topological polar surface area (TPSA) is 62.1 Å². The summed E-state index contributed by atoms with van der Waals surface area (Å²) in [5.41, 5.74) is 2.08. The molecule has 0 unspecified atom stereocenters. The van der Waals surface area contributed by atoms with Crippen molar-refractivity contribution >= 4 is 5.78 Å². The number of methoxy groups -OCH3 is 1. The van der Waals surface area contributed by atoms with E-state index in [0.29, 0.717) is 16.9 Å². The van der Waals surface area contributed by atoms with E-state index < -0.39 is 0 Å². The van der Waals surface area contributed by atoms with Gasteiger partial charge in [0.2, 0.25) is 0 Å². The zero-order valence-corrected chi connectivity index (χ0v) is 10.9. The molecule has 0 bridgehead atoms. The molecule has 0 radical (unpaired) electrons. The number of hydrogen-bond donors (Lipinski definition) is 1. The number of hydrogen-bond acceptors (Lipinski definition) is 4. The minimum Gasteiger partial charge on any atom is -0.497 e. The van der Waals surface area contributed by atoms with E-state index in [0.717, 1.165) is 25.1 Å². The van der Waals surface area contributed by atoms with Crippen molar-refractivity contribution < 1.29 is 9.53 Å². The van der Waals surface area contributed by atoms with Crippen molar-refractivity contribution in [3.05, 3.63) is 41.1 Å². The second kappa shape index (κ2) is 6.05. The van der Waals surface area contributed by atoms with E-state index in [9.17, 15) is 4.79 Å². The van der Waals surface area contributed by atoms with E-state index in [1.165, 1.54) is 0 Å². The van der Waals surface area contributed by atoms with Gasteiger partial charge in [0.05, 0.1) is 18.8 Å². The van der Waals surface area contributed by atoms with Gasteiger partial charge in [-0.15, -0.1) is 0 Å². The quantitative estimate of drug-likeness (QED) is 0.664. The lowest BCUT2D eigenvalue weighted by Gasteiger charge is -2.05. The lowest BCUT2D eigenvalue weighted by Crippen LogP contribution is -2.09. The lowest BCUT2D eigenvalue weighted by atomic mass is 10.0. The number of ketones is 1. The molecule has 0 saturated carbocycles. The van der Waals surface area contributed by atoms with Crippen LogP contribution in [0, 0.1) is 11.3 Å². The second-order valence-corrected chi connectivity index (χ2v) is 4.43. The first-order chi connectivity index (χ1) is 9.24. The Bertz CT molecular complexity index is 530. The minimum atomic E-state index is -0.0413. The average molecular weight is 256 g/mol. The third-order valence-corrected chi connectivity index (χ3v) is 3.19. The van der Waals surface area contributed by atoms with E-state index in [-0.39, 0.29) is 12.2 Å². The molecule has 1 fully saturated rings. The number of Topliss-reactive ketones (excluding diaryl/α,β-unsaturated/α-hetero) is 1. The van der Waals surface area contributed by atoms with Crippen molar-refractivity contribution in [2.75, 3.05) is 13.7 Å². The molecule has 1 heterocycles. The van der Waals surface area contributed by atoms with Gasteiger partial charge in [-0.05, 0) is 37.1 Å². The molecule has 0 atom stereocenters. The lowest BCUT2D eigenvalue weighted by molar-refractivity contribution is 0.0993. The summed E-state index contributed by atoms with van der Waals surface area (Å²) in [5, 5.41) is 12.3. The van der Waals surface area contributed by atoms with Crippen molar-refractivity contribution in [1.29, 1.82) is 5.26 Å². The molecule has 1 aromatic rings. The Kier molecular flexibility index (Phi) is 4.19. The van der Waals surface area contributed by atoms with Gasteiger partial charge in [-0.3, -0.25) is 4.79 Å². The highest BCUT2D eigenvalue weighted by Gasteiger charge is 2.15. The minimum absolute atomic E-state index is 0.0413. The van der Waals surface area contributed by atoms with E-state index in [4.69, 9.17) is 10.00 Å². The van der Waals surface area contributed by atoms with Crippen LogP contribution in [0.2, 0.25) is 0 Å². The molecule has 1 N–H and O–H groups in total. The third-order valence-electron chi connectivity index (χ3n) is 3.19. The average Bonchev–Trinajstić information content (AvgIpc) is 2.98. The van der Waals surface area contributed by atoms with Gasteiger partial charge in [0.1, 0.15) is 5.75 Å². The van der Waals surface area contributed by atoms with Crippen LogP contribution in [-0.4, -0.2) is 19.4 Å². The molecule has 0 spiro atoms. The molecule has 0 amide bonds. The Morgan fingerprint density at radius 1 is 1.42 bits per heavy atom. The molecular weight excluding hydrogens is 240 g/mol. The van der Waals surface area contributed by atoms with Crippen LogP contribution in [0.5, 0.6) is 5.75 Å². The molecule has 4 heteroatoms. The van der Waals surface area contributed by atoms with Gasteiger partial charge in [0, 0.05) is 24.2 Å². The number of rotatable bonds is 4. The fourth-order valence-electron chi connectivity index (χ4n) is 2.10. The van der Waals surface area contributed by atoms with E-state index in [1.54, 1.807) is 31.4 Å². The maximum atomic E-state index is 12.1. The smallest absolute Gasteiger partial charge is 0.168 e. The number of nitriles is 1. The predicted octanol–water partition coefficient (Wildman–Crippen LogP) is 2.43. The van der Waals surface area contributed by atoms with Crippen molar-refractivity contribution in [2.24, 2.45) is 0 Å². The number of ether oxygens (including phenoxy) is 1. The summed E-state index contributed by atoms with van der Waals surface area (Å²) in [6, 6.07) is 9.09. The summed E-state index contributed by atoms with van der Waals surface area (Å²) in [6.07, 6.45) is 2.04. The monoisotopic (exact) mass is 256 g/mol. The van der Waals surface area contributed by atoms with Crippen LogP contribution in [0.3, 0.4) is 0 Å². The van der Waals surface area contributed by atoms with Gasteiger partial charge in [-0.1, -0.05) is 0 Å². The number of nitrogens with zero attached hydrogens (tertiary/aromatic N) is 1. The van der Waals surface area contributed by atoms with E-state index in [1.807, 2.05) is 0 Å². The van der Waals surface area contributed by atoms with Gasteiger partial charge in [-0.25, -0.2) is 0 Å². The number of benzene rings is 1. The molecule has 1 saturated heterocycles. The Balaban J connectivity index is 2.11. The number of carbonyl (C=O) groups excluding carboxylic acids is 1. The Morgan fingerprint density at radius 2 is 2.16 bits per heavy atom. The molecule has 2 rings (SSSR count). The van der Waals surface area contributed by atoms with Gasteiger partial charge in [0.25, 0.3) is 0 Å². The van der Waals surface area contributed by atoms with Crippen LogP contribution < -0.4 is 10.1 Å². The highest BCUT2D eigenvalue weighted by molar-refractivity contribution is 5.98. The van der Waals surface area contributed by atoms with Crippen molar-refractivity contribution in [3.63, 3.8) is 0 Å². The molecule has 0 aromatic heterocycles. The first-order valence-corrected chi connectivity index (χ1v) is 6.28. The maximum absolute atomic E-state index is 12.1. The van der Waals surface area contributed by atoms with Crippen molar-refractivity contribution in [2.45, 2.75) is 19.3 Å². The van der Waals surface area contributed by atoms with E-state index in [2.05, 4.69) is 11.4 Å². The summed E-state index contributed by atoms with van der Waals surface area (Å²) in [4.78, 5) is 12.1. The van der Waals surface area contributed by atoms with Gasteiger partial charge < -0.3 is 10.1 Å². The number of allylic oxidation sites excluding steroid dienone is 2. The van der Waals surface area contributed by atoms with Crippen LogP contribution in [0.4, 0.5) is 0 Å². The van der Waals surface area contributed by atoms with Gasteiger partial charge in [-0.2, -0.15) is 5.26 Å². The molecular formula is C15H16N2O2. The Morgan fingerprint density at radius 3 is 2.68 bits per heavy atom. The first-order valence-electron chi connectivity index (χ1n) is 6.28. The second-order valence-electron chi connectivity index (χ2n) is 4.43. The summed E-state index contributed by atoms with van der Waals surface area (Å²) >= 11 is 0. The van der Waals surface area contributed by atoms with Gasteiger partial charge >= 0.3 is 0 Å². The Hall–Kier alpha value is -2.28. The SMILES string of the molecule is COc1ccc(C(=O)C/C(C#N)=C2\CCCN2)cc1. The predicted molar refractivity (Wildman–Crippen MR) is 71.8 cm³/mol. The molecule has 19 heavy (non-hydrogen) atoms. The van der Waals surface area contributed by atoms with Crippen molar-refractivity contribution in [1.82, 2.24) is 5.32 Å². The molecule has 0 aliphatic carbocycles. The summed E-state index contributed by atoms with van der Waals surface area (Å²) in [7, 11) is 1.58. The van der Waals surface area contributed by atoms with Gasteiger partial charge in [0.15, 0.2) is 5.78 Å². The highest BCUT2D eigenvalue weighted by Crippen LogP contribution is 2.19. The van der Waals surface area contributed by atoms with Crippen LogP contribution in [0.25, 0.3) is 0 Å². The standard InChI is InChI=1S/C15H16N2O2/c1-19-13-6-4-11(5-7-13)15(18)9-12(10-16)14-3-2-8-17-14/h4-7,17H,2-3,8-9H2,1H3/b14-12-. The zero-order valence-electron chi connectivity index (χ0n) is 10.9. The summed E-state index contributed by atoms with van der Waals surface area (Å²) in [6.45, 7) is 0.886. The van der Waals surface area contributed by atoms with Crippen LogP contribution >= 0.6 is 0 Å². The summed E-state index contributed by atoms with van der Waals surface area (Å²) < 4.78 is 5.05. The highest BCUT2D eigenvalue weighted by atomic mass is 16.5. The van der Waals surface area contributed by atoms with Crippen LogP contribution in [-0.2, 0) is 0 Å². The summed E-state index contributed by atoms with van der Waals surface area (Å²) in [5.74, 6) is 0.674. The normalized spacial score (nSPS) is 16.4.